The lowest BCUT2D eigenvalue weighted by Crippen LogP contribution is -2.50. The second-order valence-corrected chi connectivity index (χ2v) is 9.70. The van der Waals surface area contributed by atoms with Crippen molar-refractivity contribution in [1.29, 1.82) is 0 Å². The summed E-state index contributed by atoms with van der Waals surface area (Å²) in [5, 5.41) is 2.97. The molecule has 1 atom stereocenters. The summed E-state index contributed by atoms with van der Waals surface area (Å²) in [5.41, 5.74) is 1.84. The molecule has 1 fully saturated rings. The molecule has 2 aromatic rings. The van der Waals surface area contributed by atoms with Crippen LogP contribution in [0.1, 0.15) is 66.1 Å². The zero-order chi connectivity index (χ0) is 24.0. The van der Waals surface area contributed by atoms with Crippen LogP contribution in [-0.2, 0) is 17.8 Å². The molecule has 9 heteroatoms. The lowest BCUT2D eigenvalue weighted by atomic mass is 9.77. The van der Waals surface area contributed by atoms with E-state index in [-0.39, 0.29) is 46.2 Å². The van der Waals surface area contributed by atoms with Crippen molar-refractivity contribution in [2.24, 2.45) is 11.8 Å². The fourth-order valence-corrected chi connectivity index (χ4v) is 4.96. The predicted molar refractivity (Wildman–Crippen MR) is 141 cm³/mol. The molecular formula is C27H42F3N5O. The number of amides is 1. The summed E-state index contributed by atoms with van der Waals surface area (Å²) in [4.78, 5) is 25.9. The maximum Gasteiger partial charge on any atom is 0.247 e. The lowest BCUT2D eigenvalue weighted by Gasteiger charge is -2.41. The Balaban J connectivity index is 0.00000216. The van der Waals surface area contributed by atoms with E-state index in [2.05, 4.69) is 10.3 Å². The first-order valence-electron chi connectivity index (χ1n) is 11.3. The summed E-state index contributed by atoms with van der Waals surface area (Å²) in [6.07, 6.45) is 2.57. The smallest absolute Gasteiger partial charge is 0.247 e. The third-order valence-electron chi connectivity index (χ3n) is 6.80. The van der Waals surface area contributed by atoms with E-state index in [9.17, 15) is 18.0 Å². The Morgan fingerprint density at radius 3 is 2.25 bits per heavy atom. The number of carbonyl (C=O) groups is 1. The van der Waals surface area contributed by atoms with E-state index in [1.54, 1.807) is 0 Å². The van der Waals surface area contributed by atoms with Crippen LogP contribution in [0.2, 0.25) is 0 Å². The molecule has 1 amide bonds. The summed E-state index contributed by atoms with van der Waals surface area (Å²) in [5.74, 6) is -1.74. The van der Waals surface area contributed by atoms with E-state index in [1.165, 1.54) is 0 Å². The van der Waals surface area contributed by atoms with Crippen LogP contribution in [-0.4, -0.2) is 47.0 Å². The first kappa shape index (κ1) is 31.4. The number of halogens is 3. The number of likely N-dealkylation sites (N-methyl/N-ethyl adjacent to an activating group) is 1. The molecule has 2 heterocycles. The summed E-state index contributed by atoms with van der Waals surface area (Å²) in [6.45, 7) is 6.26. The Labute approximate surface area is 214 Å². The van der Waals surface area contributed by atoms with Crippen LogP contribution < -0.4 is 10.2 Å². The van der Waals surface area contributed by atoms with E-state index in [0.29, 0.717) is 23.7 Å². The van der Waals surface area contributed by atoms with Gasteiger partial charge in [0.2, 0.25) is 5.91 Å². The van der Waals surface area contributed by atoms with Crippen LogP contribution in [0.4, 0.5) is 24.7 Å². The molecule has 202 valence electrons. The number of hydrogen-bond donors (Lipinski definition) is 1. The number of nitrogens with zero attached hydrogens (tertiary/aromatic N) is 4. The van der Waals surface area contributed by atoms with Crippen molar-refractivity contribution in [3.8, 4) is 0 Å². The molecule has 4 rings (SSSR count). The number of rotatable bonds is 6. The Morgan fingerprint density at radius 1 is 1.11 bits per heavy atom. The molecule has 0 bridgehead atoms. The van der Waals surface area contributed by atoms with Crippen molar-refractivity contribution in [2.75, 3.05) is 24.3 Å². The molecule has 1 aliphatic heterocycles. The average molecular weight is 510 g/mol. The number of carbonyl (C=O) groups excluding carboxylic acids is 1. The number of fused-ring (bicyclic) bond motifs is 1. The normalized spacial score (nSPS) is 20.6. The van der Waals surface area contributed by atoms with Crippen LogP contribution in [0.5, 0.6) is 0 Å². The minimum Gasteiger partial charge on any atom is -0.346 e. The highest BCUT2D eigenvalue weighted by Crippen LogP contribution is 2.37. The number of aromatic nitrogens is 2. The van der Waals surface area contributed by atoms with E-state index < -0.39 is 17.5 Å². The Hall–Kier alpha value is -2.68. The SMILES string of the molecule is C.C.C.Cc1nc(CC2CC(N(C)Cc3cc(F)c(F)c(F)c3)C2)nc2c1NC(=O)[C@H](C(C)C)N2C. The van der Waals surface area contributed by atoms with Gasteiger partial charge in [-0.15, -0.1) is 0 Å². The molecule has 0 unspecified atom stereocenters. The van der Waals surface area contributed by atoms with Crippen LogP contribution in [0.15, 0.2) is 12.1 Å². The zero-order valence-electron chi connectivity index (χ0n) is 19.6. The van der Waals surface area contributed by atoms with Gasteiger partial charge in [-0.3, -0.25) is 9.69 Å². The highest BCUT2D eigenvalue weighted by molar-refractivity contribution is 6.03. The van der Waals surface area contributed by atoms with Gasteiger partial charge in [0.1, 0.15) is 17.6 Å². The Morgan fingerprint density at radius 2 is 1.69 bits per heavy atom. The summed E-state index contributed by atoms with van der Waals surface area (Å²) >= 11 is 0. The van der Waals surface area contributed by atoms with Gasteiger partial charge in [-0.1, -0.05) is 36.1 Å². The van der Waals surface area contributed by atoms with Crippen molar-refractivity contribution < 1.29 is 18.0 Å². The lowest BCUT2D eigenvalue weighted by molar-refractivity contribution is -0.118. The van der Waals surface area contributed by atoms with Gasteiger partial charge in [-0.2, -0.15) is 0 Å². The van der Waals surface area contributed by atoms with Crippen molar-refractivity contribution in [3.05, 3.63) is 46.7 Å². The van der Waals surface area contributed by atoms with Crippen LogP contribution in [0.3, 0.4) is 0 Å². The largest absolute Gasteiger partial charge is 0.346 e. The van der Waals surface area contributed by atoms with Gasteiger partial charge in [0, 0.05) is 26.1 Å². The molecule has 1 aromatic heterocycles. The topological polar surface area (TPSA) is 61.4 Å². The highest BCUT2D eigenvalue weighted by Gasteiger charge is 2.37. The molecule has 0 spiro atoms. The van der Waals surface area contributed by atoms with Gasteiger partial charge in [-0.25, -0.2) is 23.1 Å². The molecule has 36 heavy (non-hydrogen) atoms. The van der Waals surface area contributed by atoms with E-state index in [4.69, 9.17) is 4.98 Å². The monoisotopic (exact) mass is 509 g/mol. The van der Waals surface area contributed by atoms with Crippen LogP contribution in [0, 0.1) is 36.2 Å². The summed E-state index contributed by atoms with van der Waals surface area (Å²) in [6, 6.07) is 2.10. The minimum absolute atomic E-state index is 0. The summed E-state index contributed by atoms with van der Waals surface area (Å²) in [7, 11) is 3.80. The number of hydrogen-bond acceptors (Lipinski definition) is 5. The third kappa shape index (κ3) is 5.99. The molecule has 1 aliphatic carbocycles. The zero-order valence-corrected chi connectivity index (χ0v) is 19.6. The van der Waals surface area contributed by atoms with Gasteiger partial charge in [0.05, 0.1) is 5.69 Å². The fraction of sp³-hybridized carbons (Fsp3) is 0.593. The van der Waals surface area contributed by atoms with Gasteiger partial charge < -0.3 is 10.2 Å². The van der Waals surface area contributed by atoms with Gasteiger partial charge >= 0.3 is 0 Å². The highest BCUT2D eigenvalue weighted by atomic mass is 19.2. The second-order valence-electron chi connectivity index (χ2n) is 9.70. The van der Waals surface area contributed by atoms with Crippen molar-refractivity contribution in [3.63, 3.8) is 0 Å². The molecule has 1 saturated carbocycles. The molecule has 0 radical (unpaired) electrons. The molecule has 1 aromatic carbocycles. The number of benzene rings is 1. The van der Waals surface area contributed by atoms with Crippen molar-refractivity contribution in [1.82, 2.24) is 14.9 Å². The molecular weight excluding hydrogens is 467 g/mol. The first-order valence-corrected chi connectivity index (χ1v) is 11.3. The second kappa shape index (κ2) is 12.0. The molecule has 2 aliphatic rings. The first-order chi connectivity index (χ1) is 15.5. The molecule has 0 saturated heterocycles. The molecule has 6 nitrogen and oxygen atoms in total. The standard InChI is InChI=1S/C24H30F3N5O.3CH4/c1-12(2)22-24(33)30-21-13(3)28-19(29-23(21)32(22)5)10-14-6-16(7-14)31(4)11-15-8-17(25)20(27)18(26)9-15;;;/h8-9,12,14,16,22H,6-7,10-11H2,1-5H3,(H,30,33);3*1H4/t14?,16?,22-;;;/m0.../s1. The maximum absolute atomic E-state index is 13.5. The third-order valence-corrected chi connectivity index (χ3v) is 6.80. The minimum atomic E-state index is -1.43. The fourth-order valence-electron chi connectivity index (χ4n) is 4.96. The number of aryl methyl sites for hydroxylation is 1. The average Bonchev–Trinajstić information content (AvgIpc) is 2.69. The molecule has 1 N–H and O–H groups in total. The van der Waals surface area contributed by atoms with Crippen molar-refractivity contribution >= 4 is 17.4 Å². The van der Waals surface area contributed by atoms with E-state index in [1.807, 2.05) is 44.7 Å². The van der Waals surface area contributed by atoms with Crippen LogP contribution in [0.25, 0.3) is 0 Å². The van der Waals surface area contributed by atoms with E-state index in [0.717, 1.165) is 48.7 Å². The Kier molecular flexibility index (Phi) is 10.5. The van der Waals surface area contributed by atoms with Crippen LogP contribution >= 0.6 is 0 Å². The number of nitrogens with one attached hydrogen (secondary N) is 1. The Bertz CT molecular complexity index is 1050. The number of anilines is 2. The maximum atomic E-state index is 13.5. The van der Waals surface area contributed by atoms with Gasteiger partial charge in [-0.05, 0) is 56.3 Å². The predicted octanol–water partition coefficient (Wildman–Crippen LogP) is 5.98. The quantitative estimate of drug-likeness (QED) is 0.486. The van der Waals surface area contributed by atoms with Crippen molar-refractivity contribution in [2.45, 2.75) is 80.9 Å². The van der Waals surface area contributed by atoms with E-state index >= 15 is 0 Å². The summed E-state index contributed by atoms with van der Waals surface area (Å²) < 4.78 is 40.2. The van der Waals surface area contributed by atoms with Gasteiger partial charge in [0.15, 0.2) is 23.3 Å². The van der Waals surface area contributed by atoms with Gasteiger partial charge in [0.25, 0.3) is 0 Å².